The Bertz CT molecular complexity index is 4230. The van der Waals surface area contributed by atoms with Crippen LogP contribution in [0.3, 0.4) is 0 Å². The summed E-state index contributed by atoms with van der Waals surface area (Å²) in [4.78, 5) is 15.0. The van der Waals surface area contributed by atoms with Crippen LogP contribution in [-0.4, -0.2) is 24.1 Å². The third-order valence-corrected chi connectivity index (χ3v) is 13.5. The summed E-state index contributed by atoms with van der Waals surface area (Å²) < 4.78 is 11.4. The van der Waals surface area contributed by atoms with E-state index < -0.39 is 0 Å². The second-order valence-corrected chi connectivity index (χ2v) is 17.6. The summed E-state index contributed by atoms with van der Waals surface area (Å²) in [7, 11) is 0. The molecule has 6 nitrogen and oxygen atoms in total. The molecule has 0 N–H and O–H groups in total. The van der Waals surface area contributed by atoms with E-state index in [1.54, 1.807) is 0 Å². The van der Waals surface area contributed by atoms with E-state index in [9.17, 15) is 0 Å². The number of hydrogen-bond donors (Lipinski definition) is 0. The van der Waals surface area contributed by atoms with Crippen molar-refractivity contribution >= 4 is 65.6 Å². The van der Waals surface area contributed by atoms with Gasteiger partial charge in [0.2, 0.25) is 0 Å². The lowest BCUT2D eigenvalue weighted by Crippen LogP contribution is -2.00. The fraction of sp³-hybridized carbons (Fsp3) is 0. The molecule has 0 atom stereocenters. The molecule has 6 heteroatoms. The molecule has 0 aliphatic heterocycles. The van der Waals surface area contributed by atoms with Crippen LogP contribution in [0.2, 0.25) is 0 Å². The summed E-state index contributed by atoms with van der Waals surface area (Å²) in [6.45, 7) is 0. The average Bonchev–Trinajstić information content (AvgIpc) is 4.08. The van der Waals surface area contributed by atoms with Gasteiger partial charge in [0.05, 0.1) is 22.1 Å². The zero-order valence-electron chi connectivity index (χ0n) is 37.2. The molecule has 14 aromatic rings. The number of benzene rings is 10. The van der Waals surface area contributed by atoms with Crippen molar-refractivity contribution in [1.82, 2.24) is 24.1 Å². The van der Waals surface area contributed by atoms with Crippen LogP contribution < -0.4 is 0 Å². The van der Waals surface area contributed by atoms with Crippen LogP contribution >= 0.6 is 0 Å². The average molecular weight is 882 g/mol. The number of hydrogen-bond acceptors (Lipinski definition) is 4. The molecule has 0 bridgehead atoms. The van der Waals surface area contributed by atoms with Gasteiger partial charge < -0.3 is 13.6 Å². The maximum absolute atomic E-state index is 6.60. The summed E-state index contributed by atoms with van der Waals surface area (Å²) in [6.07, 6.45) is 0. The second kappa shape index (κ2) is 15.6. The number of nitrogens with zero attached hydrogens (tertiary/aromatic N) is 5. The van der Waals surface area contributed by atoms with E-state index in [-0.39, 0.29) is 0 Å². The molecule has 4 aromatic heterocycles. The standard InChI is InChI=1S/C63H39N5O/c1-5-17-40(18-6-1)61-64-62(41-19-7-2-8-20-41)66-63(65-61)45-22-15-21-44(35-45)48-28-16-30-59-60(48)53-37-43(32-34-58(53)69-59)42-31-33-55-50(36-42)52-38-51-49-27-13-14-29-54(49)67(46-23-9-3-10-24-46)56(51)39-57(52)68(55)47-25-11-4-12-26-47/h1-39H. The predicted octanol–water partition coefficient (Wildman–Crippen LogP) is 16.3. The minimum atomic E-state index is 0.614. The zero-order valence-corrected chi connectivity index (χ0v) is 37.2. The Morgan fingerprint density at radius 3 is 1.43 bits per heavy atom. The van der Waals surface area contributed by atoms with Gasteiger partial charge >= 0.3 is 0 Å². The Balaban J connectivity index is 0.925. The van der Waals surface area contributed by atoms with Crippen LogP contribution in [-0.2, 0) is 0 Å². The highest BCUT2D eigenvalue weighted by Gasteiger charge is 2.21. The SMILES string of the molecule is c1ccc(-c2nc(-c3ccccc3)nc(-c3cccc(-c4cccc5oc6ccc(-c7ccc8c(c7)c7cc9c%10ccccc%10n(-c%10ccccc%10)c9cc7n8-c7ccccc7)cc6c45)c3)n2)cc1. The van der Waals surface area contributed by atoms with Gasteiger partial charge in [0.25, 0.3) is 0 Å². The van der Waals surface area contributed by atoms with Gasteiger partial charge in [-0.25, -0.2) is 15.0 Å². The fourth-order valence-corrected chi connectivity index (χ4v) is 10.4. The van der Waals surface area contributed by atoms with Crippen molar-refractivity contribution in [3.8, 4) is 67.8 Å². The van der Waals surface area contributed by atoms with Gasteiger partial charge in [-0.2, -0.15) is 0 Å². The van der Waals surface area contributed by atoms with Crippen molar-refractivity contribution in [3.63, 3.8) is 0 Å². The first-order chi connectivity index (χ1) is 34.2. The van der Waals surface area contributed by atoms with Gasteiger partial charge in [0.1, 0.15) is 11.2 Å². The van der Waals surface area contributed by atoms with E-state index in [1.165, 1.54) is 32.6 Å². The molecule has 322 valence electrons. The molecule has 0 radical (unpaired) electrons. The van der Waals surface area contributed by atoms with Crippen LogP contribution in [0.15, 0.2) is 241 Å². The van der Waals surface area contributed by atoms with E-state index in [1.807, 2.05) is 60.7 Å². The minimum absolute atomic E-state index is 0.614. The first kappa shape index (κ1) is 38.8. The molecular weight excluding hydrogens is 843 g/mol. The third-order valence-electron chi connectivity index (χ3n) is 13.5. The molecule has 0 saturated heterocycles. The Labute approximate surface area is 396 Å². The minimum Gasteiger partial charge on any atom is -0.456 e. The van der Waals surface area contributed by atoms with Crippen molar-refractivity contribution in [1.29, 1.82) is 0 Å². The van der Waals surface area contributed by atoms with E-state index in [4.69, 9.17) is 19.4 Å². The molecule has 0 spiro atoms. The molecular formula is C63H39N5O. The molecule has 0 unspecified atom stereocenters. The van der Waals surface area contributed by atoms with Crippen molar-refractivity contribution in [2.24, 2.45) is 0 Å². The van der Waals surface area contributed by atoms with Gasteiger partial charge in [0, 0.05) is 60.4 Å². The molecule has 0 saturated carbocycles. The molecule has 0 fully saturated rings. The van der Waals surface area contributed by atoms with Crippen LogP contribution in [0.25, 0.3) is 133 Å². The largest absolute Gasteiger partial charge is 0.456 e. The van der Waals surface area contributed by atoms with Crippen LogP contribution in [0, 0.1) is 0 Å². The number of rotatable bonds is 7. The van der Waals surface area contributed by atoms with Crippen LogP contribution in [0.4, 0.5) is 0 Å². The van der Waals surface area contributed by atoms with E-state index in [2.05, 4.69) is 185 Å². The Hall–Kier alpha value is -9.39. The molecule has 14 rings (SSSR count). The molecule has 0 aliphatic rings. The monoisotopic (exact) mass is 881 g/mol. The molecule has 0 aliphatic carbocycles. The van der Waals surface area contributed by atoms with Crippen molar-refractivity contribution in [2.75, 3.05) is 0 Å². The highest BCUT2D eigenvalue weighted by Crippen LogP contribution is 2.43. The first-order valence-corrected chi connectivity index (χ1v) is 23.3. The van der Waals surface area contributed by atoms with Crippen LogP contribution in [0.5, 0.6) is 0 Å². The smallest absolute Gasteiger partial charge is 0.164 e. The van der Waals surface area contributed by atoms with Gasteiger partial charge in [-0.3, -0.25) is 0 Å². The van der Waals surface area contributed by atoms with Gasteiger partial charge in [-0.15, -0.1) is 0 Å². The second-order valence-electron chi connectivity index (χ2n) is 17.6. The first-order valence-electron chi connectivity index (χ1n) is 23.3. The maximum Gasteiger partial charge on any atom is 0.164 e. The Kier molecular flexibility index (Phi) is 8.79. The van der Waals surface area contributed by atoms with Crippen molar-refractivity contribution in [2.45, 2.75) is 0 Å². The van der Waals surface area contributed by atoms with Crippen LogP contribution in [0.1, 0.15) is 0 Å². The van der Waals surface area contributed by atoms with E-state index >= 15 is 0 Å². The number of fused-ring (bicyclic) bond motifs is 9. The lowest BCUT2D eigenvalue weighted by atomic mass is 9.96. The number of para-hydroxylation sites is 3. The summed E-state index contributed by atoms with van der Waals surface area (Å²) >= 11 is 0. The van der Waals surface area contributed by atoms with Gasteiger partial charge in [-0.1, -0.05) is 158 Å². The normalized spacial score (nSPS) is 11.8. The lowest BCUT2D eigenvalue weighted by molar-refractivity contribution is 0.669. The zero-order chi connectivity index (χ0) is 45.4. The summed E-state index contributed by atoms with van der Waals surface area (Å²) in [5, 5.41) is 6.99. The summed E-state index contributed by atoms with van der Waals surface area (Å²) in [5.74, 6) is 1.88. The summed E-state index contributed by atoms with van der Waals surface area (Å²) in [5.41, 5.74) is 15.8. The van der Waals surface area contributed by atoms with Gasteiger partial charge in [0.15, 0.2) is 17.5 Å². The number of furan rings is 1. The summed E-state index contributed by atoms with van der Waals surface area (Å²) in [6, 6.07) is 83.4. The Morgan fingerprint density at radius 1 is 0.275 bits per heavy atom. The predicted molar refractivity (Wildman–Crippen MR) is 283 cm³/mol. The topological polar surface area (TPSA) is 61.7 Å². The molecule has 4 heterocycles. The van der Waals surface area contributed by atoms with Gasteiger partial charge in [-0.05, 0) is 101 Å². The molecule has 10 aromatic carbocycles. The highest BCUT2D eigenvalue weighted by molar-refractivity contribution is 6.20. The third kappa shape index (κ3) is 6.38. The van der Waals surface area contributed by atoms with E-state index in [0.29, 0.717) is 17.5 Å². The molecule has 69 heavy (non-hydrogen) atoms. The highest BCUT2D eigenvalue weighted by atomic mass is 16.3. The Morgan fingerprint density at radius 2 is 0.768 bits per heavy atom. The maximum atomic E-state index is 6.60. The lowest BCUT2D eigenvalue weighted by Gasteiger charge is -2.10. The number of aromatic nitrogens is 5. The van der Waals surface area contributed by atoms with Crippen molar-refractivity contribution < 1.29 is 4.42 Å². The quantitative estimate of drug-likeness (QED) is 0.160. The fourth-order valence-electron chi connectivity index (χ4n) is 10.4. The van der Waals surface area contributed by atoms with Crippen molar-refractivity contribution in [3.05, 3.63) is 237 Å². The van der Waals surface area contributed by atoms with E-state index in [0.717, 1.165) is 83.3 Å². The molecule has 0 amide bonds.